The second-order valence-electron chi connectivity index (χ2n) is 4.42. The van der Waals surface area contributed by atoms with Crippen molar-refractivity contribution in [2.45, 2.75) is 38.0 Å². The van der Waals surface area contributed by atoms with Gasteiger partial charge in [0.25, 0.3) is 0 Å². The summed E-state index contributed by atoms with van der Waals surface area (Å²) >= 11 is 0. The molecule has 0 unspecified atom stereocenters. The third-order valence-electron chi connectivity index (χ3n) is 3.48. The quantitative estimate of drug-likeness (QED) is 0.776. The van der Waals surface area contributed by atoms with Crippen molar-refractivity contribution in [1.29, 1.82) is 0 Å². The molecule has 0 radical (unpaired) electrons. The van der Waals surface area contributed by atoms with Crippen LogP contribution in [0.3, 0.4) is 0 Å². The molecule has 1 fully saturated rings. The van der Waals surface area contributed by atoms with Gasteiger partial charge in [-0.1, -0.05) is 0 Å². The molecular weight excluding hydrogens is 199 g/mol. The molecule has 86 valence electrons. The molecule has 0 saturated heterocycles. The first-order valence-corrected chi connectivity index (χ1v) is 6.07. The van der Waals surface area contributed by atoms with Crippen LogP contribution in [0, 0.1) is 0 Å². The van der Waals surface area contributed by atoms with E-state index in [0.29, 0.717) is 5.92 Å². The SMILES string of the molecule is COc1bccc(C2CCCCC2)c1OC. The van der Waals surface area contributed by atoms with Crippen molar-refractivity contribution in [3.63, 3.8) is 0 Å². The third kappa shape index (κ3) is 2.23. The standard InChI is InChI=1S/C13H19BO2/c1-15-12-11(8-9-14-13(12)16-2)10-6-4-3-5-7-10/h8-10H,3-7H2,1-2H3. The summed E-state index contributed by atoms with van der Waals surface area (Å²) < 4.78 is 10.8. The Morgan fingerprint density at radius 3 is 2.50 bits per heavy atom. The summed E-state index contributed by atoms with van der Waals surface area (Å²) in [4.78, 5) is 0. The second-order valence-corrected chi connectivity index (χ2v) is 4.42. The molecule has 0 aliphatic heterocycles. The first-order chi connectivity index (χ1) is 7.86. The molecule has 1 heterocycles. The normalized spacial score (nSPS) is 16.9. The molecule has 0 N–H and O–H groups in total. The molecule has 1 aliphatic rings. The van der Waals surface area contributed by atoms with E-state index in [1.165, 1.54) is 37.7 Å². The van der Waals surface area contributed by atoms with Crippen molar-refractivity contribution in [3.05, 3.63) is 17.6 Å². The Bertz CT molecular complexity index is 346. The maximum absolute atomic E-state index is 5.50. The minimum atomic E-state index is 0.652. The van der Waals surface area contributed by atoms with Gasteiger partial charge in [-0.15, -0.1) is 0 Å². The van der Waals surface area contributed by atoms with Gasteiger partial charge in [0.2, 0.25) is 0 Å². The summed E-state index contributed by atoms with van der Waals surface area (Å²) in [6.45, 7) is 1.96. The predicted octanol–water partition coefficient (Wildman–Crippen LogP) is 3.09. The van der Waals surface area contributed by atoms with E-state index in [1.807, 2.05) is 6.91 Å². The Morgan fingerprint density at radius 1 is 1.12 bits per heavy atom. The molecule has 1 saturated carbocycles. The van der Waals surface area contributed by atoms with Gasteiger partial charge in [-0.3, -0.25) is 0 Å². The number of hydrogen-bond donors (Lipinski definition) is 0. The maximum atomic E-state index is 5.50. The molecule has 2 nitrogen and oxygen atoms in total. The van der Waals surface area contributed by atoms with Crippen molar-refractivity contribution in [3.8, 4) is 11.4 Å². The Kier molecular flexibility index (Phi) is 3.86. The summed E-state index contributed by atoms with van der Waals surface area (Å²) in [5, 5.41) is 0. The van der Waals surface area contributed by atoms with Gasteiger partial charge in [-0.2, -0.15) is 0 Å². The van der Waals surface area contributed by atoms with E-state index in [1.54, 1.807) is 14.2 Å². The molecule has 3 heteroatoms. The van der Waals surface area contributed by atoms with Crippen molar-refractivity contribution < 1.29 is 9.47 Å². The minimum absolute atomic E-state index is 0.652. The van der Waals surface area contributed by atoms with Gasteiger partial charge in [-0.25, -0.2) is 0 Å². The van der Waals surface area contributed by atoms with Gasteiger partial charge in [-0.05, 0) is 0 Å². The van der Waals surface area contributed by atoms with Gasteiger partial charge < -0.3 is 0 Å². The Morgan fingerprint density at radius 2 is 1.88 bits per heavy atom. The Labute approximate surface area is 98.2 Å². The second kappa shape index (κ2) is 5.38. The molecule has 1 aromatic rings. The van der Waals surface area contributed by atoms with Crippen molar-refractivity contribution in [2.24, 2.45) is 0 Å². The van der Waals surface area contributed by atoms with E-state index in [2.05, 4.69) is 12.0 Å². The van der Waals surface area contributed by atoms with Crippen LogP contribution in [0.4, 0.5) is 0 Å². The van der Waals surface area contributed by atoms with Crippen molar-refractivity contribution >= 4 is 6.91 Å². The Hall–Kier alpha value is -0.985. The van der Waals surface area contributed by atoms with Crippen LogP contribution in [-0.2, 0) is 0 Å². The van der Waals surface area contributed by atoms with E-state index in [9.17, 15) is 0 Å². The molecule has 0 aromatic carbocycles. The van der Waals surface area contributed by atoms with Crippen LogP contribution >= 0.6 is 0 Å². The molecule has 0 atom stereocenters. The molecule has 1 aliphatic carbocycles. The van der Waals surface area contributed by atoms with Crippen molar-refractivity contribution in [1.82, 2.24) is 0 Å². The van der Waals surface area contributed by atoms with Gasteiger partial charge in [0, 0.05) is 0 Å². The first kappa shape index (κ1) is 11.5. The number of ether oxygens (including phenoxy) is 2. The summed E-state index contributed by atoms with van der Waals surface area (Å²) in [6.07, 6.45) is 6.62. The van der Waals surface area contributed by atoms with Gasteiger partial charge in [0.05, 0.1) is 0 Å². The number of rotatable bonds is 3. The van der Waals surface area contributed by atoms with Crippen LogP contribution in [0.2, 0.25) is 0 Å². The van der Waals surface area contributed by atoms with Crippen molar-refractivity contribution in [2.75, 3.05) is 14.2 Å². The van der Waals surface area contributed by atoms with Crippen LogP contribution in [0.1, 0.15) is 43.6 Å². The summed E-state index contributed by atoms with van der Waals surface area (Å²) in [5.41, 5.74) is 2.17. The predicted molar refractivity (Wildman–Crippen MR) is 66.7 cm³/mol. The molecule has 16 heavy (non-hydrogen) atoms. The number of hydrogen-bond acceptors (Lipinski definition) is 2. The van der Waals surface area contributed by atoms with Crippen LogP contribution in [0.25, 0.3) is 0 Å². The van der Waals surface area contributed by atoms with Gasteiger partial charge in [0.1, 0.15) is 0 Å². The Balaban J connectivity index is 2.30. The average molecular weight is 218 g/mol. The van der Waals surface area contributed by atoms with Crippen LogP contribution in [0.5, 0.6) is 11.4 Å². The zero-order chi connectivity index (χ0) is 11.4. The fourth-order valence-electron chi connectivity index (χ4n) is 2.65. The van der Waals surface area contributed by atoms with E-state index >= 15 is 0 Å². The monoisotopic (exact) mass is 218 g/mol. The third-order valence-corrected chi connectivity index (χ3v) is 3.48. The van der Waals surface area contributed by atoms with Gasteiger partial charge >= 0.3 is 97.6 Å². The molecule has 1 aromatic heterocycles. The fourth-order valence-corrected chi connectivity index (χ4v) is 2.65. The van der Waals surface area contributed by atoms with E-state index in [-0.39, 0.29) is 0 Å². The van der Waals surface area contributed by atoms with Crippen LogP contribution < -0.4 is 9.47 Å². The van der Waals surface area contributed by atoms with Crippen LogP contribution in [0.15, 0.2) is 12.0 Å². The van der Waals surface area contributed by atoms with E-state index in [0.717, 1.165) is 11.4 Å². The van der Waals surface area contributed by atoms with E-state index in [4.69, 9.17) is 9.47 Å². The zero-order valence-electron chi connectivity index (χ0n) is 10.2. The van der Waals surface area contributed by atoms with Gasteiger partial charge in [0.15, 0.2) is 0 Å². The molecule has 2 rings (SSSR count). The summed E-state index contributed by atoms with van der Waals surface area (Å²) in [6, 6.07) is 2.18. The zero-order valence-corrected chi connectivity index (χ0v) is 10.2. The fraction of sp³-hybridized carbons (Fsp3) is 0.615. The number of methoxy groups -OCH3 is 2. The molecule has 0 bridgehead atoms. The topological polar surface area (TPSA) is 18.5 Å². The summed E-state index contributed by atoms with van der Waals surface area (Å²) in [5.74, 6) is 3.64. The summed E-state index contributed by atoms with van der Waals surface area (Å²) in [7, 11) is 3.42. The van der Waals surface area contributed by atoms with Crippen LogP contribution in [-0.4, -0.2) is 21.1 Å². The molecular formula is C13H19BO2. The van der Waals surface area contributed by atoms with E-state index < -0.39 is 0 Å². The first-order valence-electron chi connectivity index (χ1n) is 6.07. The molecule has 0 amide bonds. The average Bonchev–Trinajstić information content (AvgIpc) is 2.38. The molecule has 0 spiro atoms.